The number of rotatable bonds is 4. The largest absolute Gasteiger partial charge is 0.458 e. The predicted octanol–water partition coefficient (Wildman–Crippen LogP) is 3.87. The normalized spacial score (nSPS) is 50.2. The Morgan fingerprint density at radius 3 is 2.52 bits per heavy atom. The van der Waals surface area contributed by atoms with E-state index in [1.165, 1.54) is 12.5 Å². The fourth-order valence-electron chi connectivity index (χ4n) is 10.0. The van der Waals surface area contributed by atoms with Gasteiger partial charge in [0.1, 0.15) is 24.9 Å². The van der Waals surface area contributed by atoms with Crippen molar-refractivity contribution in [1.82, 2.24) is 0 Å². The molecule has 6 aliphatic rings. The summed E-state index contributed by atoms with van der Waals surface area (Å²) in [6.07, 6.45) is 8.49. The molecule has 4 fully saturated rings. The molecule has 0 bridgehead atoms. The van der Waals surface area contributed by atoms with E-state index < -0.39 is 36.0 Å². The number of carbonyl (C=O) groups is 2. The Balaban J connectivity index is 1.25. The number of methoxy groups -OCH3 is 1. The lowest BCUT2D eigenvalue weighted by Crippen LogP contribution is -2.62. The van der Waals surface area contributed by atoms with Crippen molar-refractivity contribution in [2.75, 3.05) is 13.7 Å². The molecular formula is C32H46O8. The number of hydrogen-bond acceptors (Lipinski definition) is 8. The van der Waals surface area contributed by atoms with Gasteiger partial charge in [-0.15, -0.1) is 0 Å². The van der Waals surface area contributed by atoms with Crippen molar-refractivity contribution >= 4 is 11.9 Å². The van der Waals surface area contributed by atoms with Crippen LogP contribution in [0.5, 0.6) is 0 Å². The summed E-state index contributed by atoms with van der Waals surface area (Å²) in [4.78, 5) is 23.9. The lowest BCUT2D eigenvalue weighted by atomic mass is 9.46. The van der Waals surface area contributed by atoms with Crippen LogP contribution in [0.4, 0.5) is 0 Å². The fourth-order valence-corrected chi connectivity index (χ4v) is 10.0. The highest BCUT2D eigenvalue weighted by Crippen LogP contribution is 2.69. The van der Waals surface area contributed by atoms with Crippen LogP contribution in [0, 0.1) is 34.5 Å². The number of ether oxygens (including phenoxy) is 4. The number of aliphatic hydroxyl groups is 2. The van der Waals surface area contributed by atoms with Crippen LogP contribution < -0.4 is 0 Å². The smallest absolute Gasteiger partial charge is 0.331 e. The number of cyclic esters (lactones) is 1. The van der Waals surface area contributed by atoms with Gasteiger partial charge >= 0.3 is 11.9 Å². The second-order valence-corrected chi connectivity index (χ2v) is 14.0. The van der Waals surface area contributed by atoms with Crippen LogP contribution in [0.1, 0.15) is 79.1 Å². The van der Waals surface area contributed by atoms with Crippen LogP contribution in [-0.4, -0.2) is 72.0 Å². The molecule has 0 aromatic heterocycles. The molecule has 0 amide bonds. The third kappa shape index (κ3) is 4.07. The first-order chi connectivity index (χ1) is 18.9. The molecular weight excluding hydrogens is 512 g/mol. The molecule has 0 unspecified atom stereocenters. The molecule has 2 N–H and O–H groups in total. The average Bonchev–Trinajstić information content (AvgIpc) is 3.45. The lowest BCUT2D eigenvalue weighted by molar-refractivity contribution is -0.250. The molecule has 40 heavy (non-hydrogen) atoms. The molecule has 1 saturated heterocycles. The van der Waals surface area contributed by atoms with E-state index in [2.05, 4.69) is 19.9 Å². The molecule has 0 spiro atoms. The number of aliphatic hydroxyl groups excluding tert-OH is 1. The van der Waals surface area contributed by atoms with E-state index in [9.17, 15) is 19.8 Å². The van der Waals surface area contributed by atoms with E-state index in [1.54, 1.807) is 13.2 Å². The Morgan fingerprint density at radius 1 is 1.10 bits per heavy atom. The SMILES string of the molecule is CO[C@@H]1[C@@H](O)[C@H](C)O[C@@H]([C@H]2CC[C@@]3(C)[C@H](CC=C4[C@@H]3CC[C@]3(C)[C@@H](C5=CC(=O)OC5)CC[C@]43O)C2)[C@H]1OC(C)=O. The van der Waals surface area contributed by atoms with Gasteiger partial charge in [0.15, 0.2) is 6.10 Å². The molecule has 222 valence electrons. The van der Waals surface area contributed by atoms with Gasteiger partial charge in [0.05, 0.1) is 11.7 Å². The van der Waals surface area contributed by atoms with Gasteiger partial charge in [0.25, 0.3) is 0 Å². The van der Waals surface area contributed by atoms with E-state index >= 15 is 0 Å². The minimum absolute atomic E-state index is 0.0683. The summed E-state index contributed by atoms with van der Waals surface area (Å²) < 4.78 is 23.0. The van der Waals surface area contributed by atoms with Crippen molar-refractivity contribution in [3.63, 3.8) is 0 Å². The highest BCUT2D eigenvalue weighted by Gasteiger charge is 2.66. The van der Waals surface area contributed by atoms with Gasteiger partial charge in [-0.05, 0) is 98.5 Å². The zero-order valence-electron chi connectivity index (χ0n) is 24.6. The van der Waals surface area contributed by atoms with Gasteiger partial charge in [-0.1, -0.05) is 19.9 Å². The topological polar surface area (TPSA) is 112 Å². The number of hydrogen-bond donors (Lipinski definition) is 2. The lowest BCUT2D eigenvalue weighted by Gasteiger charge is -2.61. The first-order valence-corrected chi connectivity index (χ1v) is 15.3. The zero-order valence-corrected chi connectivity index (χ0v) is 24.6. The Hall–Kier alpha value is -1.74. The number of allylic oxidation sites excluding steroid dienone is 1. The number of carbonyl (C=O) groups excluding carboxylic acids is 2. The van der Waals surface area contributed by atoms with Crippen molar-refractivity contribution in [3.05, 3.63) is 23.3 Å². The van der Waals surface area contributed by atoms with Gasteiger partial charge in [-0.25, -0.2) is 4.79 Å². The standard InChI is InChI=1S/C32H46O8/c1-17-26(35)28(37-5)29(40-18(2)33)27(39-17)19-8-11-30(3)21(14-19)6-7-24-23(30)9-12-31(4)22(10-13-32(24,31)36)20-15-25(34)38-16-20/h7,15,17,19,21-23,26-29,35-36H,6,8-14,16H2,1-5H3/t17-,19-,21+,22+,23-,26-,27-,28+,29+,30-,31+,32-/m0/s1. The van der Waals surface area contributed by atoms with E-state index in [0.717, 1.165) is 56.9 Å². The van der Waals surface area contributed by atoms with Gasteiger partial charge < -0.3 is 29.2 Å². The summed E-state index contributed by atoms with van der Waals surface area (Å²) in [6, 6.07) is 0. The Labute approximate surface area is 237 Å². The molecule has 6 rings (SSSR count). The van der Waals surface area contributed by atoms with E-state index in [0.29, 0.717) is 18.4 Å². The summed E-state index contributed by atoms with van der Waals surface area (Å²) in [7, 11) is 1.55. The van der Waals surface area contributed by atoms with Crippen LogP contribution >= 0.6 is 0 Å². The first-order valence-electron chi connectivity index (χ1n) is 15.3. The summed E-state index contributed by atoms with van der Waals surface area (Å²) in [6.45, 7) is 8.26. The highest BCUT2D eigenvalue weighted by atomic mass is 16.6. The Morgan fingerprint density at radius 2 is 1.85 bits per heavy atom. The molecule has 4 aliphatic carbocycles. The van der Waals surface area contributed by atoms with Gasteiger partial charge in [0, 0.05) is 25.5 Å². The van der Waals surface area contributed by atoms with Crippen molar-refractivity contribution in [2.24, 2.45) is 34.5 Å². The zero-order chi connectivity index (χ0) is 28.6. The molecule has 2 aliphatic heterocycles. The van der Waals surface area contributed by atoms with Crippen LogP contribution in [0.3, 0.4) is 0 Å². The minimum Gasteiger partial charge on any atom is -0.458 e. The Bertz CT molecular complexity index is 1110. The van der Waals surface area contributed by atoms with Crippen LogP contribution in [-0.2, 0) is 28.5 Å². The monoisotopic (exact) mass is 558 g/mol. The average molecular weight is 559 g/mol. The Kier molecular flexibility index (Phi) is 7.04. The van der Waals surface area contributed by atoms with Crippen LogP contribution in [0.2, 0.25) is 0 Å². The van der Waals surface area contributed by atoms with E-state index in [1.807, 2.05) is 6.92 Å². The fraction of sp³-hybridized carbons (Fsp3) is 0.812. The third-order valence-electron chi connectivity index (χ3n) is 12.3. The number of esters is 2. The molecule has 8 nitrogen and oxygen atoms in total. The molecule has 2 heterocycles. The first kappa shape index (κ1) is 28.4. The van der Waals surface area contributed by atoms with Gasteiger partial charge in [0.2, 0.25) is 0 Å². The molecule has 3 saturated carbocycles. The molecule has 0 radical (unpaired) electrons. The quantitative estimate of drug-likeness (QED) is 0.395. The third-order valence-corrected chi connectivity index (χ3v) is 12.3. The van der Waals surface area contributed by atoms with Gasteiger partial charge in [-0.3, -0.25) is 4.79 Å². The maximum atomic E-state index is 12.4. The second-order valence-electron chi connectivity index (χ2n) is 14.0. The van der Waals surface area contributed by atoms with Crippen molar-refractivity contribution in [1.29, 1.82) is 0 Å². The summed E-state index contributed by atoms with van der Waals surface area (Å²) in [5.41, 5.74) is 1.19. The summed E-state index contributed by atoms with van der Waals surface area (Å²) in [5, 5.41) is 23.1. The maximum Gasteiger partial charge on any atom is 0.331 e. The molecule has 0 aromatic carbocycles. The summed E-state index contributed by atoms with van der Waals surface area (Å²) in [5.74, 6) is 0.447. The van der Waals surface area contributed by atoms with Crippen molar-refractivity contribution in [3.8, 4) is 0 Å². The number of fused-ring (bicyclic) bond motifs is 5. The second kappa shape index (κ2) is 9.92. The van der Waals surface area contributed by atoms with Crippen molar-refractivity contribution in [2.45, 2.75) is 115 Å². The van der Waals surface area contributed by atoms with E-state index in [-0.39, 0.29) is 34.7 Å². The molecule has 8 heteroatoms. The predicted molar refractivity (Wildman–Crippen MR) is 146 cm³/mol. The van der Waals surface area contributed by atoms with Crippen LogP contribution in [0.15, 0.2) is 23.3 Å². The molecule has 12 atom stereocenters. The minimum atomic E-state index is -0.864. The van der Waals surface area contributed by atoms with Crippen molar-refractivity contribution < 1.29 is 38.7 Å². The maximum absolute atomic E-state index is 12.4. The van der Waals surface area contributed by atoms with E-state index in [4.69, 9.17) is 18.9 Å². The molecule has 0 aromatic rings. The summed E-state index contributed by atoms with van der Waals surface area (Å²) >= 11 is 0. The van der Waals surface area contributed by atoms with Gasteiger partial charge in [-0.2, -0.15) is 0 Å². The van der Waals surface area contributed by atoms with Crippen LogP contribution in [0.25, 0.3) is 0 Å². The highest BCUT2D eigenvalue weighted by molar-refractivity contribution is 5.85.